The van der Waals surface area contributed by atoms with Crippen molar-refractivity contribution in [3.63, 3.8) is 0 Å². The maximum atomic E-state index is 12.4. The summed E-state index contributed by atoms with van der Waals surface area (Å²) in [6.45, 7) is 0. The molecule has 8 heteroatoms. The van der Waals surface area contributed by atoms with Crippen molar-refractivity contribution >= 4 is 35.1 Å². The average molecular weight is 414 g/mol. The van der Waals surface area contributed by atoms with Gasteiger partial charge in [0.25, 0.3) is 0 Å². The first-order valence-corrected chi connectivity index (χ1v) is 10.2. The second-order valence-corrected chi connectivity index (χ2v) is 7.51. The third kappa shape index (κ3) is 5.40. The first kappa shape index (κ1) is 20.0. The number of carbonyl (C=O) groups excluding carboxylic acids is 1. The van der Waals surface area contributed by atoms with Gasteiger partial charge in [0.1, 0.15) is 10.1 Å². The number of aromatic nitrogens is 2. The number of hydrogen-bond donors (Lipinski definition) is 1. The van der Waals surface area contributed by atoms with Crippen molar-refractivity contribution < 1.29 is 14.3 Å². The minimum Gasteiger partial charge on any atom is -0.493 e. The lowest BCUT2D eigenvalue weighted by molar-refractivity contribution is -0.113. The van der Waals surface area contributed by atoms with Crippen molar-refractivity contribution in [3.05, 3.63) is 60.9 Å². The van der Waals surface area contributed by atoms with Crippen molar-refractivity contribution in [2.24, 2.45) is 0 Å². The third-order valence-electron chi connectivity index (χ3n) is 3.60. The summed E-state index contributed by atoms with van der Waals surface area (Å²) in [5.41, 5.74) is 0.640. The van der Waals surface area contributed by atoms with Crippen LogP contribution in [0.15, 0.2) is 75.9 Å². The Hall–Kier alpha value is -2.71. The van der Waals surface area contributed by atoms with Gasteiger partial charge in [-0.05, 0) is 24.3 Å². The van der Waals surface area contributed by atoms with E-state index in [1.165, 1.54) is 23.5 Å². The van der Waals surface area contributed by atoms with Crippen molar-refractivity contribution in [2.45, 2.75) is 14.9 Å². The van der Waals surface area contributed by atoms with Crippen molar-refractivity contribution in [3.8, 4) is 11.5 Å². The molecular weight excluding hydrogens is 394 g/mol. The van der Waals surface area contributed by atoms with Gasteiger partial charge in [0.2, 0.25) is 5.91 Å². The van der Waals surface area contributed by atoms with Crippen LogP contribution >= 0.6 is 23.5 Å². The van der Waals surface area contributed by atoms with Crippen LogP contribution in [0.25, 0.3) is 0 Å². The molecule has 0 saturated carbocycles. The molecule has 144 valence electrons. The van der Waals surface area contributed by atoms with E-state index in [1.54, 1.807) is 44.8 Å². The summed E-state index contributed by atoms with van der Waals surface area (Å²) in [6.07, 6.45) is 3.28. The first-order chi connectivity index (χ1) is 13.7. The molecule has 0 fully saturated rings. The molecule has 1 heterocycles. The highest BCUT2D eigenvalue weighted by Crippen LogP contribution is 2.33. The number of anilines is 1. The van der Waals surface area contributed by atoms with Crippen LogP contribution in [0.1, 0.15) is 0 Å². The van der Waals surface area contributed by atoms with Gasteiger partial charge in [-0.1, -0.05) is 41.7 Å². The molecule has 0 bridgehead atoms. The summed E-state index contributed by atoms with van der Waals surface area (Å²) in [6, 6.07) is 15.2. The molecule has 3 rings (SSSR count). The maximum absolute atomic E-state index is 12.4. The highest BCUT2D eigenvalue weighted by molar-refractivity contribution is 8.02. The van der Waals surface area contributed by atoms with Gasteiger partial charge in [0.05, 0.1) is 20.0 Å². The Labute approximate surface area is 172 Å². The van der Waals surface area contributed by atoms with Gasteiger partial charge in [-0.2, -0.15) is 0 Å². The Kier molecular flexibility index (Phi) is 7.16. The summed E-state index contributed by atoms with van der Waals surface area (Å²) in [5, 5.41) is 4.35. The predicted molar refractivity (Wildman–Crippen MR) is 111 cm³/mol. The molecule has 0 spiro atoms. The Bertz CT molecular complexity index is 939. The van der Waals surface area contributed by atoms with Crippen molar-refractivity contribution in [1.82, 2.24) is 9.97 Å². The zero-order chi connectivity index (χ0) is 19.8. The Morgan fingerprint density at radius 2 is 1.68 bits per heavy atom. The number of carbonyl (C=O) groups is 1. The molecule has 0 radical (unpaired) electrons. The Balaban J connectivity index is 1.62. The number of amides is 1. The fraction of sp³-hybridized carbons (Fsp3) is 0.150. The average Bonchev–Trinajstić information content (AvgIpc) is 2.73. The van der Waals surface area contributed by atoms with Crippen LogP contribution in [-0.4, -0.2) is 35.8 Å². The second kappa shape index (κ2) is 10.0. The van der Waals surface area contributed by atoms with Crippen LogP contribution in [0.5, 0.6) is 11.5 Å². The molecule has 0 saturated heterocycles. The van der Waals surface area contributed by atoms with E-state index in [4.69, 9.17) is 9.47 Å². The number of benzene rings is 2. The van der Waals surface area contributed by atoms with Crippen LogP contribution < -0.4 is 14.8 Å². The van der Waals surface area contributed by atoms with Crippen LogP contribution in [0.4, 0.5) is 5.69 Å². The zero-order valence-corrected chi connectivity index (χ0v) is 17.0. The SMILES string of the molecule is COc1ccc(NC(=O)CSc2nccnc2Sc2ccccc2)cc1OC. The van der Waals surface area contributed by atoms with Gasteiger partial charge >= 0.3 is 0 Å². The molecule has 0 unspecified atom stereocenters. The number of nitrogens with zero attached hydrogens (tertiary/aromatic N) is 2. The van der Waals surface area contributed by atoms with Crippen LogP contribution in [-0.2, 0) is 4.79 Å². The van der Waals surface area contributed by atoms with E-state index in [9.17, 15) is 4.79 Å². The van der Waals surface area contributed by atoms with Crippen molar-refractivity contribution in [2.75, 3.05) is 25.3 Å². The van der Waals surface area contributed by atoms with E-state index in [-0.39, 0.29) is 11.7 Å². The molecule has 0 aliphatic carbocycles. The largest absolute Gasteiger partial charge is 0.493 e. The van der Waals surface area contributed by atoms with E-state index in [0.29, 0.717) is 17.2 Å². The first-order valence-electron chi connectivity index (χ1n) is 8.38. The number of thioether (sulfide) groups is 1. The fourth-order valence-electron chi connectivity index (χ4n) is 2.33. The van der Waals surface area contributed by atoms with Crippen molar-refractivity contribution in [1.29, 1.82) is 0 Å². The zero-order valence-electron chi connectivity index (χ0n) is 15.4. The highest BCUT2D eigenvalue weighted by atomic mass is 32.2. The number of nitrogens with one attached hydrogen (secondary N) is 1. The van der Waals surface area contributed by atoms with Crippen LogP contribution in [0.3, 0.4) is 0 Å². The lowest BCUT2D eigenvalue weighted by Crippen LogP contribution is -2.14. The molecule has 3 aromatic rings. The van der Waals surface area contributed by atoms with E-state index < -0.39 is 0 Å². The van der Waals surface area contributed by atoms with E-state index in [0.717, 1.165) is 14.9 Å². The van der Waals surface area contributed by atoms with E-state index >= 15 is 0 Å². The standard InChI is InChI=1S/C20H19N3O3S2/c1-25-16-9-8-14(12-17(16)26-2)23-18(24)13-27-19-20(22-11-10-21-19)28-15-6-4-3-5-7-15/h3-12H,13H2,1-2H3,(H,23,24). The van der Waals surface area contributed by atoms with Gasteiger partial charge in [0, 0.05) is 29.0 Å². The summed E-state index contributed by atoms with van der Waals surface area (Å²) < 4.78 is 10.5. The third-order valence-corrected chi connectivity index (χ3v) is 5.71. The lowest BCUT2D eigenvalue weighted by atomic mass is 10.2. The smallest absolute Gasteiger partial charge is 0.234 e. The van der Waals surface area contributed by atoms with Gasteiger partial charge in [-0.3, -0.25) is 4.79 Å². The molecular formula is C20H19N3O3S2. The number of rotatable bonds is 8. The summed E-state index contributed by atoms with van der Waals surface area (Å²) in [4.78, 5) is 22.2. The van der Waals surface area contributed by atoms with Crippen LogP contribution in [0.2, 0.25) is 0 Å². The Morgan fingerprint density at radius 1 is 0.964 bits per heavy atom. The fourth-order valence-corrected chi connectivity index (χ4v) is 4.05. The van der Waals surface area contributed by atoms with E-state index in [1.807, 2.05) is 30.3 Å². The quantitative estimate of drug-likeness (QED) is 0.550. The second-order valence-electron chi connectivity index (χ2n) is 5.49. The lowest BCUT2D eigenvalue weighted by Gasteiger charge is -2.11. The normalized spacial score (nSPS) is 10.4. The molecule has 6 nitrogen and oxygen atoms in total. The highest BCUT2D eigenvalue weighted by Gasteiger charge is 2.12. The Morgan fingerprint density at radius 3 is 2.39 bits per heavy atom. The molecule has 28 heavy (non-hydrogen) atoms. The van der Waals surface area contributed by atoms with Gasteiger partial charge in [0.15, 0.2) is 11.5 Å². The molecule has 1 N–H and O–H groups in total. The summed E-state index contributed by atoms with van der Waals surface area (Å²) in [7, 11) is 3.12. The minimum absolute atomic E-state index is 0.140. The number of ether oxygens (including phenoxy) is 2. The minimum atomic E-state index is -0.140. The molecule has 2 aromatic carbocycles. The summed E-state index contributed by atoms with van der Waals surface area (Å²) in [5.74, 6) is 1.24. The molecule has 0 aliphatic rings. The predicted octanol–water partition coefficient (Wildman–Crippen LogP) is 4.38. The molecule has 0 aliphatic heterocycles. The van der Waals surface area contributed by atoms with Gasteiger partial charge in [-0.25, -0.2) is 9.97 Å². The number of methoxy groups -OCH3 is 2. The van der Waals surface area contributed by atoms with Gasteiger partial charge in [-0.15, -0.1) is 0 Å². The monoisotopic (exact) mass is 413 g/mol. The van der Waals surface area contributed by atoms with Crippen LogP contribution in [0, 0.1) is 0 Å². The maximum Gasteiger partial charge on any atom is 0.234 e. The molecule has 1 amide bonds. The molecule has 1 aromatic heterocycles. The summed E-state index contributed by atoms with van der Waals surface area (Å²) >= 11 is 2.87. The van der Waals surface area contributed by atoms with Gasteiger partial charge < -0.3 is 14.8 Å². The van der Waals surface area contributed by atoms with E-state index in [2.05, 4.69) is 15.3 Å². The molecule has 0 atom stereocenters. The topological polar surface area (TPSA) is 73.3 Å². The number of hydrogen-bond acceptors (Lipinski definition) is 7.